The van der Waals surface area contributed by atoms with Crippen LogP contribution in [-0.4, -0.2) is 20.1 Å². The highest BCUT2D eigenvalue weighted by molar-refractivity contribution is 7.85. The van der Waals surface area contributed by atoms with E-state index in [1.165, 1.54) is 13.2 Å². The van der Waals surface area contributed by atoms with Crippen LogP contribution in [0.15, 0.2) is 41.3 Å². The van der Waals surface area contributed by atoms with Crippen molar-refractivity contribution < 1.29 is 17.7 Å². The summed E-state index contributed by atoms with van der Waals surface area (Å²) in [6, 6.07) is 10.0. The van der Waals surface area contributed by atoms with E-state index in [-0.39, 0.29) is 10.6 Å². The van der Waals surface area contributed by atoms with Crippen molar-refractivity contribution in [2.45, 2.75) is 4.90 Å². The maximum Gasteiger partial charge on any atom is 0.137 e. The Morgan fingerprint density at radius 2 is 1.69 bits per heavy atom. The highest BCUT2D eigenvalue weighted by Gasteiger charge is 2.10. The first-order valence-corrected chi connectivity index (χ1v) is 5.96. The van der Waals surface area contributed by atoms with E-state index in [1.54, 1.807) is 18.2 Å². The molecule has 0 aliphatic carbocycles. The van der Waals surface area contributed by atoms with Crippen LogP contribution in [0.2, 0.25) is 0 Å². The molecule has 2 aromatic carbocycles. The Hall–Kier alpha value is -1.59. The number of hydrogen-bond acceptors (Lipinski definition) is 4. The number of methoxy groups -OCH3 is 1. The highest BCUT2D eigenvalue weighted by Crippen LogP contribution is 2.29. The van der Waals surface area contributed by atoms with Gasteiger partial charge in [0.05, 0.1) is 12.0 Å². The van der Waals surface area contributed by atoms with Crippen LogP contribution in [0.1, 0.15) is 0 Å². The average molecular weight is 237 g/mol. The first kappa shape index (κ1) is 10.9. The van der Waals surface area contributed by atoms with Crippen LogP contribution in [0.5, 0.6) is 5.75 Å². The summed E-state index contributed by atoms with van der Waals surface area (Å²) in [4.78, 5) is -0.325. The summed E-state index contributed by atoms with van der Waals surface area (Å²) >= 11 is 0. The van der Waals surface area contributed by atoms with Crippen molar-refractivity contribution in [3.8, 4) is 5.75 Å². The minimum absolute atomic E-state index is 0.0775. The molecule has 84 valence electrons. The molecule has 0 unspecified atom stereocenters. The first-order valence-electron chi connectivity index (χ1n) is 4.55. The van der Waals surface area contributed by atoms with Gasteiger partial charge in [-0.3, -0.25) is 0 Å². The normalized spacial score (nSPS) is 11.6. The second-order valence-corrected chi connectivity index (χ2v) is 4.65. The molecule has 0 amide bonds. The second kappa shape index (κ2) is 3.77. The largest absolute Gasteiger partial charge is 0.744 e. The van der Waals surface area contributed by atoms with Crippen molar-refractivity contribution >= 4 is 20.9 Å². The summed E-state index contributed by atoms with van der Waals surface area (Å²) in [5.74, 6) is 0.0775. The minimum Gasteiger partial charge on any atom is -0.744 e. The van der Waals surface area contributed by atoms with E-state index in [1.807, 2.05) is 12.1 Å². The van der Waals surface area contributed by atoms with Crippen LogP contribution in [0.3, 0.4) is 0 Å². The van der Waals surface area contributed by atoms with Crippen molar-refractivity contribution in [2.75, 3.05) is 7.11 Å². The van der Waals surface area contributed by atoms with E-state index in [0.717, 1.165) is 5.39 Å². The Balaban J connectivity index is 2.83. The summed E-state index contributed by atoms with van der Waals surface area (Å²) < 4.78 is 38.0. The minimum atomic E-state index is -4.51. The number of rotatable bonds is 2. The molecule has 0 radical (unpaired) electrons. The molecule has 16 heavy (non-hydrogen) atoms. The zero-order chi connectivity index (χ0) is 11.8. The van der Waals surface area contributed by atoms with Crippen LogP contribution in [0, 0.1) is 0 Å². The Bertz CT molecular complexity index is 631. The lowest BCUT2D eigenvalue weighted by Crippen LogP contribution is -2.01. The molecule has 0 bridgehead atoms. The molecule has 0 atom stereocenters. The molecule has 0 aliphatic rings. The predicted octanol–water partition coefficient (Wildman–Crippen LogP) is 1.75. The zero-order valence-electron chi connectivity index (χ0n) is 8.51. The quantitative estimate of drug-likeness (QED) is 0.746. The van der Waals surface area contributed by atoms with Crippen molar-refractivity contribution in [1.29, 1.82) is 0 Å². The summed E-state index contributed by atoms with van der Waals surface area (Å²) in [6.45, 7) is 0. The Morgan fingerprint density at radius 3 is 2.19 bits per heavy atom. The zero-order valence-corrected chi connectivity index (χ0v) is 9.32. The van der Waals surface area contributed by atoms with E-state index >= 15 is 0 Å². The van der Waals surface area contributed by atoms with Gasteiger partial charge in [0.25, 0.3) is 0 Å². The van der Waals surface area contributed by atoms with Crippen LogP contribution < -0.4 is 4.74 Å². The molecule has 0 saturated heterocycles. The summed E-state index contributed by atoms with van der Waals surface area (Å²) in [7, 11) is -3.18. The third-order valence-electron chi connectivity index (χ3n) is 2.30. The van der Waals surface area contributed by atoms with Crippen LogP contribution in [0.4, 0.5) is 0 Å². The lowest BCUT2D eigenvalue weighted by Gasteiger charge is -2.13. The maximum absolute atomic E-state index is 11.0. The Morgan fingerprint density at radius 1 is 1.12 bits per heavy atom. The lowest BCUT2D eigenvalue weighted by molar-refractivity contribution is 0.396. The third-order valence-corrected chi connectivity index (χ3v) is 3.16. The van der Waals surface area contributed by atoms with Crippen molar-refractivity contribution in [3.05, 3.63) is 36.4 Å². The highest BCUT2D eigenvalue weighted by atomic mass is 32.2. The summed E-state index contributed by atoms with van der Waals surface area (Å²) in [5.41, 5.74) is 0. The molecule has 0 aromatic heterocycles. The van der Waals surface area contributed by atoms with Crippen LogP contribution in [-0.2, 0) is 10.1 Å². The third kappa shape index (κ3) is 1.87. The molecule has 0 fully saturated rings. The van der Waals surface area contributed by atoms with Crippen molar-refractivity contribution in [3.63, 3.8) is 0 Å². The van der Waals surface area contributed by atoms with Gasteiger partial charge in [-0.2, -0.15) is 0 Å². The predicted molar refractivity (Wildman–Crippen MR) is 58.5 cm³/mol. The van der Waals surface area contributed by atoms with Gasteiger partial charge in [0.1, 0.15) is 15.9 Å². The molecule has 0 saturated carbocycles. The lowest BCUT2D eigenvalue weighted by atomic mass is 10.1. The molecular weight excluding hydrogens is 228 g/mol. The van der Waals surface area contributed by atoms with Gasteiger partial charge in [-0.15, -0.1) is 0 Å². The van der Waals surface area contributed by atoms with Crippen LogP contribution >= 0.6 is 0 Å². The van der Waals surface area contributed by atoms with E-state index < -0.39 is 10.1 Å². The van der Waals surface area contributed by atoms with Gasteiger partial charge in [0.15, 0.2) is 0 Å². The Labute approximate surface area is 93.2 Å². The topological polar surface area (TPSA) is 66.4 Å². The fourth-order valence-corrected chi connectivity index (χ4v) is 2.21. The fraction of sp³-hybridized carbons (Fsp3) is 0.0909. The molecule has 4 nitrogen and oxygen atoms in total. The SMILES string of the molecule is COc1cc2ccccc2cc1S(=O)(=O)[O-]. The number of fused-ring (bicyclic) bond motifs is 1. The molecule has 0 spiro atoms. The van der Waals surface area contributed by atoms with Gasteiger partial charge in [0.2, 0.25) is 0 Å². The number of hydrogen-bond donors (Lipinski definition) is 0. The van der Waals surface area contributed by atoms with E-state index in [2.05, 4.69) is 0 Å². The molecule has 0 heterocycles. The standard InChI is InChI=1S/C11H10O4S/c1-15-10-6-8-4-2-3-5-9(8)7-11(10)16(12,13)14/h2-7H,1H3,(H,12,13,14)/p-1. The molecule has 0 N–H and O–H groups in total. The van der Waals surface area contributed by atoms with Crippen LogP contribution in [0.25, 0.3) is 10.8 Å². The van der Waals surface area contributed by atoms with Gasteiger partial charge < -0.3 is 9.29 Å². The fourth-order valence-electron chi connectivity index (χ4n) is 1.55. The number of benzene rings is 2. The summed E-state index contributed by atoms with van der Waals surface area (Å²) in [5, 5.41) is 1.52. The van der Waals surface area contributed by atoms with E-state index in [9.17, 15) is 13.0 Å². The average Bonchev–Trinajstić information content (AvgIpc) is 2.26. The number of ether oxygens (including phenoxy) is 1. The van der Waals surface area contributed by atoms with Gasteiger partial charge in [0, 0.05) is 0 Å². The van der Waals surface area contributed by atoms with E-state index in [0.29, 0.717) is 5.39 Å². The van der Waals surface area contributed by atoms with Gasteiger partial charge >= 0.3 is 0 Å². The first-order chi connectivity index (χ1) is 7.52. The molecule has 5 heteroatoms. The maximum atomic E-state index is 11.0. The van der Waals surface area contributed by atoms with Gasteiger partial charge in [-0.1, -0.05) is 24.3 Å². The molecule has 0 aliphatic heterocycles. The van der Waals surface area contributed by atoms with Gasteiger partial charge in [-0.25, -0.2) is 8.42 Å². The molecule has 2 aromatic rings. The van der Waals surface area contributed by atoms with E-state index in [4.69, 9.17) is 4.74 Å². The monoisotopic (exact) mass is 237 g/mol. The Kier molecular flexibility index (Phi) is 2.57. The molecular formula is C11H9O4S-. The second-order valence-electron chi connectivity index (χ2n) is 3.30. The van der Waals surface area contributed by atoms with Gasteiger partial charge in [-0.05, 0) is 22.9 Å². The van der Waals surface area contributed by atoms with Crippen molar-refractivity contribution in [2.24, 2.45) is 0 Å². The molecule has 2 rings (SSSR count). The summed E-state index contributed by atoms with van der Waals surface area (Å²) in [6.07, 6.45) is 0. The van der Waals surface area contributed by atoms with Crippen molar-refractivity contribution in [1.82, 2.24) is 0 Å². The smallest absolute Gasteiger partial charge is 0.137 e.